The summed E-state index contributed by atoms with van der Waals surface area (Å²) in [7, 11) is 0. The van der Waals surface area contributed by atoms with Crippen LogP contribution < -0.4 is 22.1 Å². The van der Waals surface area contributed by atoms with E-state index >= 15 is 0 Å². The molecule has 0 aliphatic heterocycles. The molecule has 21 heteroatoms. The van der Waals surface area contributed by atoms with Gasteiger partial charge in [-0.25, -0.2) is 9.59 Å². The summed E-state index contributed by atoms with van der Waals surface area (Å²) in [6, 6.07) is 6.39. The van der Waals surface area contributed by atoms with Crippen LogP contribution in [0.25, 0.3) is 0 Å². The van der Waals surface area contributed by atoms with E-state index in [9.17, 15) is 24.0 Å². The minimum Gasteiger partial charge on any atom is -0.458 e. The molecule has 0 saturated heterocycles. The molecular weight excluding hydrogens is 1040 g/mol. The smallest absolute Gasteiger partial charge is 0.407 e. The highest BCUT2D eigenvalue weighted by atomic mass is 127. The van der Waals surface area contributed by atoms with Crippen LogP contribution in [-0.2, 0) is 73.0 Å². The average molecular weight is 1130 g/mol. The number of alkyl carbamates (subject to hydrolysis) is 1. The predicted octanol–water partition coefficient (Wildman–Crippen LogP) is 4.47. The number of imide groups is 1. The molecule has 1 aromatic rings. The lowest BCUT2D eigenvalue weighted by atomic mass is 10.0. The van der Waals surface area contributed by atoms with Gasteiger partial charge in [-0.15, -0.1) is 0 Å². The first kappa shape index (κ1) is 65.9. The van der Waals surface area contributed by atoms with Crippen LogP contribution in [0.3, 0.4) is 0 Å². The Morgan fingerprint density at radius 2 is 1.00 bits per heavy atom. The van der Waals surface area contributed by atoms with E-state index in [-0.39, 0.29) is 38.4 Å². The van der Waals surface area contributed by atoms with Crippen molar-refractivity contribution in [2.75, 3.05) is 125 Å². The summed E-state index contributed by atoms with van der Waals surface area (Å²) in [5.41, 5.74) is 11.4. The first-order valence-electron chi connectivity index (χ1n) is 25.1. The summed E-state index contributed by atoms with van der Waals surface area (Å²) in [6.07, 6.45) is 4.12. The van der Waals surface area contributed by atoms with Gasteiger partial charge in [0, 0.05) is 23.1 Å². The second kappa shape index (κ2) is 41.3. The van der Waals surface area contributed by atoms with E-state index < -0.39 is 47.2 Å². The second-order valence-corrected chi connectivity index (χ2v) is 19.7. The maximum absolute atomic E-state index is 13.6. The van der Waals surface area contributed by atoms with Crippen LogP contribution in [0, 0.1) is 3.57 Å². The Morgan fingerprint density at radius 3 is 1.48 bits per heavy atom. The van der Waals surface area contributed by atoms with Gasteiger partial charge in [-0.3, -0.25) is 19.3 Å². The molecule has 0 heterocycles. The Bertz CT molecular complexity index is 1570. The van der Waals surface area contributed by atoms with Gasteiger partial charge < -0.3 is 69.5 Å². The van der Waals surface area contributed by atoms with Crippen molar-refractivity contribution in [3.63, 3.8) is 0 Å². The van der Waals surface area contributed by atoms with Gasteiger partial charge in [-0.2, -0.15) is 0 Å². The van der Waals surface area contributed by atoms with E-state index in [1.165, 1.54) is 0 Å². The maximum Gasteiger partial charge on any atom is 0.407 e. The standard InChI is InChI=1S/C50H88IN5O15/c1-49(2,3)70-47(60)43(14-7-9-21-52)56(44(57)15-11-12-40-16-18-41(51)19-17-40)45(58)20-24-62-26-28-64-30-32-66-34-36-68-38-39-69-37-35-67-33-31-65-29-27-63-25-23-54-46(59)42(53)13-8-10-22-55-48(61)71-50(4,5)6/h16-19,42-43H,7-15,20-39,52-53H2,1-6H3,(H,54,59)(H,55,61)/t42-,43-/m0/s1. The van der Waals surface area contributed by atoms with E-state index in [1.807, 2.05) is 24.3 Å². The fraction of sp³-hybridized carbons (Fsp3) is 0.780. The summed E-state index contributed by atoms with van der Waals surface area (Å²) in [4.78, 5) is 65.5. The largest absolute Gasteiger partial charge is 0.458 e. The molecule has 0 fully saturated rings. The third-order valence-electron chi connectivity index (χ3n) is 9.79. The molecule has 0 spiro atoms. The summed E-state index contributed by atoms with van der Waals surface area (Å²) >= 11 is 2.24. The Kier molecular flexibility index (Phi) is 38.3. The minimum atomic E-state index is -1.05. The highest BCUT2D eigenvalue weighted by Gasteiger charge is 2.36. The molecular formula is C50H88IN5O15. The quantitative estimate of drug-likeness (QED) is 0.0400. The van der Waals surface area contributed by atoms with E-state index in [0.717, 1.165) is 14.0 Å². The van der Waals surface area contributed by atoms with Crippen LogP contribution >= 0.6 is 22.6 Å². The van der Waals surface area contributed by atoms with Gasteiger partial charge in [0.15, 0.2) is 0 Å². The SMILES string of the molecule is CC(C)(C)OC(=O)NCCCC[C@H](N)C(=O)NCCOCCOCCOCCOCCOCCOCCOCCOCCC(=O)N(C(=O)CCCc1ccc(I)cc1)[C@@H](CCCCN)C(=O)OC(C)(C)C. The number of halogens is 1. The third-order valence-corrected chi connectivity index (χ3v) is 10.5. The molecule has 0 bridgehead atoms. The monoisotopic (exact) mass is 1130 g/mol. The lowest BCUT2D eigenvalue weighted by molar-refractivity contribution is -0.169. The zero-order chi connectivity index (χ0) is 52.6. The minimum absolute atomic E-state index is 0.0580. The highest BCUT2D eigenvalue weighted by molar-refractivity contribution is 14.1. The number of aryl methyl sites for hydroxylation is 1. The number of carbonyl (C=O) groups is 5. The molecule has 410 valence electrons. The number of rotatable bonds is 43. The predicted molar refractivity (Wildman–Crippen MR) is 277 cm³/mol. The van der Waals surface area contributed by atoms with Crippen LogP contribution in [0.2, 0.25) is 0 Å². The summed E-state index contributed by atoms with van der Waals surface area (Å²) < 4.78 is 56.3. The molecule has 1 rings (SSSR count). The van der Waals surface area contributed by atoms with Gasteiger partial charge in [0.05, 0.1) is 118 Å². The lowest BCUT2D eigenvalue weighted by Gasteiger charge is -2.31. The Labute approximate surface area is 436 Å². The lowest BCUT2D eigenvalue weighted by Crippen LogP contribution is -2.50. The Morgan fingerprint density at radius 1 is 0.549 bits per heavy atom. The molecule has 6 N–H and O–H groups in total. The number of nitrogens with two attached hydrogens (primary N) is 2. The van der Waals surface area contributed by atoms with Crippen molar-refractivity contribution in [3.05, 3.63) is 33.4 Å². The molecule has 2 atom stereocenters. The van der Waals surface area contributed by atoms with E-state index in [4.69, 9.17) is 58.8 Å². The normalized spacial score (nSPS) is 12.6. The molecule has 0 aliphatic rings. The van der Waals surface area contributed by atoms with Crippen molar-refractivity contribution in [1.82, 2.24) is 15.5 Å². The van der Waals surface area contributed by atoms with Crippen LogP contribution in [0.15, 0.2) is 24.3 Å². The summed E-state index contributed by atoms with van der Waals surface area (Å²) in [5, 5.41) is 5.45. The highest BCUT2D eigenvalue weighted by Crippen LogP contribution is 2.20. The first-order chi connectivity index (χ1) is 33.9. The van der Waals surface area contributed by atoms with Crippen molar-refractivity contribution < 1.29 is 71.3 Å². The zero-order valence-electron chi connectivity index (χ0n) is 43.6. The van der Waals surface area contributed by atoms with Gasteiger partial charge in [-0.1, -0.05) is 12.1 Å². The molecule has 20 nitrogen and oxygen atoms in total. The van der Waals surface area contributed by atoms with Crippen molar-refractivity contribution in [3.8, 4) is 0 Å². The van der Waals surface area contributed by atoms with Crippen molar-refractivity contribution in [1.29, 1.82) is 0 Å². The number of hydrogen-bond acceptors (Lipinski definition) is 17. The van der Waals surface area contributed by atoms with Crippen molar-refractivity contribution in [2.45, 2.75) is 129 Å². The van der Waals surface area contributed by atoms with E-state index in [2.05, 4.69) is 33.2 Å². The van der Waals surface area contributed by atoms with Crippen LogP contribution in [0.4, 0.5) is 4.79 Å². The molecule has 0 unspecified atom stereocenters. The van der Waals surface area contributed by atoms with E-state index in [0.29, 0.717) is 157 Å². The molecule has 1 aromatic carbocycles. The van der Waals surface area contributed by atoms with Gasteiger partial charge in [-0.05, 0) is 140 Å². The average Bonchev–Trinajstić information content (AvgIpc) is 3.30. The molecule has 71 heavy (non-hydrogen) atoms. The number of nitrogens with zero attached hydrogens (tertiary/aromatic N) is 1. The van der Waals surface area contributed by atoms with Crippen molar-refractivity contribution >= 4 is 52.4 Å². The van der Waals surface area contributed by atoms with Gasteiger partial charge >= 0.3 is 12.1 Å². The topological polar surface area (TPSA) is 257 Å². The fourth-order valence-electron chi connectivity index (χ4n) is 6.33. The fourth-order valence-corrected chi connectivity index (χ4v) is 6.69. The maximum atomic E-state index is 13.6. The van der Waals surface area contributed by atoms with Gasteiger partial charge in [0.2, 0.25) is 17.7 Å². The van der Waals surface area contributed by atoms with Crippen molar-refractivity contribution in [2.24, 2.45) is 11.5 Å². The molecule has 0 aliphatic carbocycles. The zero-order valence-corrected chi connectivity index (χ0v) is 45.7. The Hall–Kier alpha value is -3.10. The number of carbonyl (C=O) groups excluding carboxylic acids is 5. The summed E-state index contributed by atoms with van der Waals surface area (Å²) in [6.45, 7) is 17.7. The van der Waals surface area contributed by atoms with Gasteiger partial charge in [0.25, 0.3) is 0 Å². The number of unbranched alkanes of at least 4 members (excludes halogenated alkanes) is 2. The molecule has 0 saturated carbocycles. The first-order valence-corrected chi connectivity index (χ1v) is 26.2. The third kappa shape index (κ3) is 38.2. The molecule has 0 radical (unpaired) electrons. The van der Waals surface area contributed by atoms with Crippen LogP contribution in [0.5, 0.6) is 0 Å². The van der Waals surface area contributed by atoms with Gasteiger partial charge in [0.1, 0.15) is 17.2 Å². The Balaban J connectivity index is 2.06. The second-order valence-electron chi connectivity index (χ2n) is 18.4. The van der Waals surface area contributed by atoms with Crippen LogP contribution in [-0.4, -0.2) is 183 Å². The van der Waals surface area contributed by atoms with E-state index in [1.54, 1.807) is 41.5 Å². The summed E-state index contributed by atoms with van der Waals surface area (Å²) in [5.74, 6) is -1.74. The number of benzene rings is 1. The number of amides is 4. The molecule has 4 amide bonds. The number of nitrogens with one attached hydrogen (secondary N) is 2. The number of hydrogen-bond donors (Lipinski definition) is 4. The number of ether oxygens (including phenoxy) is 10. The number of esters is 1. The molecule has 0 aromatic heterocycles. The van der Waals surface area contributed by atoms with Crippen LogP contribution in [0.1, 0.15) is 105 Å².